The largest absolute Gasteiger partial charge is 0.385 e. The lowest BCUT2D eigenvalue weighted by Gasteiger charge is -2.15. The number of hydrogen-bond donors (Lipinski definition) is 0. The van der Waals surface area contributed by atoms with Crippen LogP contribution in [-0.4, -0.2) is 20.8 Å². The van der Waals surface area contributed by atoms with Crippen LogP contribution in [0.5, 0.6) is 0 Å². The zero-order chi connectivity index (χ0) is 12.1. The molecule has 2 aromatic rings. The maximum atomic E-state index is 5.51. The van der Waals surface area contributed by atoms with Crippen molar-refractivity contribution < 1.29 is 9.47 Å². The molecule has 90 valence electrons. The van der Waals surface area contributed by atoms with Gasteiger partial charge in [-0.3, -0.25) is 0 Å². The van der Waals surface area contributed by atoms with Crippen molar-refractivity contribution in [2.45, 2.75) is 12.5 Å². The number of rotatable bonds is 5. The molecule has 0 spiro atoms. The monoisotopic (exact) mass is 230 g/mol. The van der Waals surface area contributed by atoms with Gasteiger partial charge in [0.15, 0.2) is 0 Å². The summed E-state index contributed by atoms with van der Waals surface area (Å²) in [6.45, 7) is 0.714. The van der Waals surface area contributed by atoms with E-state index >= 15 is 0 Å². The maximum absolute atomic E-state index is 5.51. The molecule has 0 aliphatic heterocycles. The van der Waals surface area contributed by atoms with Gasteiger partial charge in [-0.2, -0.15) is 0 Å². The third-order valence-corrected chi connectivity index (χ3v) is 3.01. The van der Waals surface area contributed by atoms with Crippen molar-refractivity contribution in [1.82, 2.24) is 0 Å². The highest BCUT2D eigenvalue weighted by Crippen LogP contribution is 2.24. The molecule has 0 aliphatic rings. The second kappa shape index (κ2) is 5.80. The van der Waals surface area contributed by atoms with Gasteiger partial charge in [-0.05, 0) is 22.4 Å². The van der Waals surface area contributed by atoms with Gasteiger partial charge >= 0.3 is 0 Å². The molecule has 0 N–H and O–H groups in total. The van der Waals surface area contributed by atoms with Crippen molar-refractivity contribution in [3.63, 3.8) is 0 Å². The van der Waals surface area contributed by atoms with Crippen molar-refractivity contribution in [3.05, 3.63) is 48.0 Å². The summed E-state index contributed by atoms with van der Waals surface area (Å²) in [4.78, 5) is 0. The molecule has 0 fully saturated rings. The second-order valence-electron chi connectivity index (χ2n) is 4.11. The molecule has 0 aliphatic carbocycles. The van der Waals surface area contributed by atoms with Crippen LogP contribution in [-0.2, 0) is 9.47 Å². The summed E-state index contributed by atoms with van der Waals surface area (Å²) in [5.74, 6) is 0. The lowest BCUT2D eigenvalue weighted by Crippen LogP contribution is -2.05. The summed E-state index contributed by atoms with van der Waals surface area (Å²) in [5.41, 5.74) is 1.21. The molecule has 0 amide bonds. The van der Waals surface area contributed by atoms with Crippen LogP contribution in [0.1, 0.15) is 18.1 Å². The molecule has 0 saturated carbocycles. The quantitative estimate of drug-likeness (QED) is 0.781. The van der Waals surface area contributed by atoms with Crippen molar-refractivity contribution in [2.75, 3.05) is 20.8 Å². The highest BCUT2D eigenvalue weighted by Gasteiger charge is 2.10. The zero-order valence-electron chi connectivity index (χ0n) is 10.3. The third kappa shape index (κ3) is 2.84. The summed E-state index contributed by atoms with van der Waals surface area (Å²) in [6.07, 6.45) is 0.991. The topological polar surface area (TPSA) is 18.5 Å². The van der Waals surface area contributed by atoms with E-state index in [4.69, 9.17) is 9.47 Å². The maximum Gasteiger partial charge on any atom is 0.0843 e. The third-order valence-electron chi connectivity index (χ3n) is 3.01. The SMILES string of the molecule is COCCC(OC)c1ccc2ccccc2c1. The number of benzene rings is 2. The van der Waals surface area contributed by atoms with Gasteiger partial charge in [0.25, 0.3) is 0 Å². The first kappa shape index (κ1) is 12.1. The average molecular weight is 230 g/mol. The van der Waals surface area contributed by atoms with Gasteiger partial charge in [0.2, 0.25) is 0 Å². The normalized spacial score (nSPS) is 12.8. The summed E-state index contributed by atoms with van der Waals surface area (Å²) >= 11 is 0. The molecule has 1 unspecified atom stereocenters. The van der Waals surface area contributed by atoms with Gasteiger partial charge < -0.3 is 9.47 Å². The zero-order valence-corrected chi connectivity index (χ0v) is 10.3. The molecule has 0 radical (unpaired) electrons. The Morgan fingerprint density at radius 1 is 1.00 bits per heavy atom. The molecule has 0 heterocycles. The van der Waals surface area contributed by atoms with Gasteiger partial charge in [-0.25, -0.2) is 0 Å². The molecule has 0 saturated heterocycles. The van der Waals surface area contributed by atoms with Gasteiger partial charge in [0.05, 0.1) is 6.10 Å². The van der Waals surface area contributed by atoms with Gasteiger partial charge in [-0.15, -0.1) is 0 Å². The first-order chi connectivity index (χ1) is 8.35. The Morgan fingerprint density at radius 2 is 1.76 bits per heavy atom. The van der Waals surface area contributed by atoms with Crippen LogP contribution >= 0.6 is 0 Å². The van der Waals surface area contributed by atoms with Crippen LogP contribution in [0.2, 0.25) is 0 Å². The van der Waals surface area contributed by atoms with Gasteiger partial charge in [-0.1, -0.05) is 36.4 Å². The second-order valence-corrected chi connectivity index (χ2v) is 4.11. The molecule has 2 rings (SSSR count). The van der Waals surface area contributed by atoms with E-state index in [0.717, 1.165) is 6.42 Å². The van der Waals surface area contributed by atoms with E-state index in [1.807, 2.05) is 0 Å². The minimum absolute atomic E-state index is 0.111. The van der Waals surface area contributed by atoms with Crippen LogP contribution in [0.4, 0.5) is 0 Å². The van der Waals surface area contributed by atoms with Crippen molar-refractivity contribution in [1.29, 1.82) is 0 Å². The smallest absolute Gasteiger partial charge is 0.0843 e. The van der Waals surface area contributed by atoms with Crippen LogP contribution in [0.25, 0.3) is 10.8 Å². The Morgan fingerprint density at radius 3 is 2.47 bits per heavy atom. The van der Waals surface area contributed by atoms with Crippen LogP contribution in [0.15, 0.2) is 42.5 Å². The summed E-state index contributed by atoms with van der Waals surface area (Å²) in [7, 11) is 3.46. The fourth-order valence-corrected chi connectivity index (χ4v) is 2.05. The molecule has 0 bridgehead atoms. The Bertz CT molecular complexity index is 479. The predicted octanol–water partition coefficient (Wildman–Crippen LogP) is 3.56. The number of hydrogen-bond acceptors (Lipinski definition) is 2. The van der Waals surface area contributed by atoms with E-state index in [9.17, 15) is 0 Å². The number of fused-ring (bicyclic) bond motifs is 1. The van der Waals surface area contributed by atoms with Crippen LogP contribution in [0.3, 0.4) is 0 Å². The highest BCUT2D eigenvalue weighted by molar-refractivity contribution is 5.83. The van der Waals surface area contributed by atoms with Crippen LogP contribution in [0, 0.1) is 0 Å². The van der Waals surface area contributed by atoms with E-state index in [1.165, 1.54) is 16.3 Å². The van der Waals surface area contributed by atoms with Gasteiger partial charge in [0.1, 0.15) is 0 Å². The fourth-order valence-electron chi connectivity index (χ4n) is 2.05. The van der Waals surface area contributed by atoms with E-state index in [0.29, 0.717) is 6.61 Å². The van der Waals surface area contributed by atoms with Crippen LogP contribution < -0.4 is 0 Å². The molecule has 1 atom stereocenters. The highest BCUT2D eigenvalue weighted by atomic mass is 16.5. The summed E-state index contributed by atoms with van der Waals surface area (Å²) in [5, 5.41) is 2.52. The Labute approximate surface area is 102 Å². The number of ether oxygens (including phenoxy) is 2. The molecule has 2 heteroatoms. The minimum atomic E-state index is 0.111. The first-order valence-corrected chi connectivity index (χ1v) is 5.85. The molecule has 2 aromatic carbocycles. The van der Waals surface area contributed by atoms with Crippen molar-refractivity contribution in [2.24, 2.45) is 0 Å². The summed E-state index contributed by atoms with van der Waals surface area (Å²) in [6, 6.07) is 14.8. The molecule has 17 heavy (non-hydrogen) atoms. The lowest BCUT2D eigenvalue weighted by molar-refractivity contribution is 0.0663. The van der Waals surface area contributed by atoms with E-state index < -0.39 is 0 Å². The predicted molar refractivity (Wildman–Crippen MR) is 70.2 cm³/mol. The molecule has 2 nitrogen and oxygen atoms in total. The Kier molecular flexibility index (Phi) is 4.13. The van der Waals surface area contributed by atoms with Crippen molar-refractivity contribution in [3.8, 4) is 0 Å². The Balaban J connectivity index is 2.27. The fraction of sp³-hybridized carbons (Fsp3) is 0.333. The van der Waals surface area contributed by atoms with Crippen molar-refractivity contribution >= 4 is 10.8 Å². The van der Waals surface area contributed by atoms with E-state index in [-0.39, 0.29) is 6.10 Å². The summed E-state index contributed by atoms with van der Waals surface area (Å²) < 4.78 is 10.6. The standard InChI is InChI=1S/C15H18O2/c1-16-10-9-15(17-2)14-8-7-12-5-3-4-6-13(12)11-14/h3-8,11,15H,9-10H2,1-2H3. The number of methoxy groups -OCH3 is 2. The minimum Gasteiger partial charge on any atom is -0.385 e. The van der Waals surface area contributed by atoms with E-state index in [1.54, 1.807) is 14.2 Å². The Hall–Kier alpha value is -1.38. The first-order valence-electron chi connectivity index (χ1n) is 5.85. The average Bonchev–Trinajstić information content (AvgIpc) is 2.39. The van der Waals surface area contributed by atoms with Gasteiger partial charge in [0, 0.05) is 27.2 Å². The van der Waals surface area contributed by atoms with E-state index in [2.05, 4.69) is 42.5 Å². The lowest BCUT2D eigenvalue weighted by atomic mass is 10.0. The molecular weight excluding hydrogens is 212 g/mol. The molecular formula is C15H18O2. The molecule has 0 aromatic heterocycles.